The smallest absolute Gasteiger partial charge is 0.224 e. The Morgan fingerprint density at radius 1 is 1.44 bits per heavy atom. The number of rotatable bonds is 8. The number of nitrogens with two attached hydrogens (primary N) is 1. The van der Waals surface area contributed by atoms with E-state index < -0.39 is 0 Å². The molecule has 0 heterocycles. The minimum absolute atomic E-state index is 0.0210. The molecular formula is C12H26N2OS. The van der Waals surface area contributed by atoms with Crippen LogP contribution in [0.25, 0.3) is 0 Å². The fourth-order valence-electron chi connectivity index (χ4n) is 1.57. The lowest BCUT2D eigenvalue weighted by molar-refractivity contribution is -0.132. The SMILES string of the molecule is CCCC(N)CC(=O)N(C)C(C)CCSC. The van der Waals surface area contributed by atoms with Crippen molar-refractivity contribution in [1.29, 1.82) is 0 Å². The lowest BCUT2D eigenvalue weighted by atomic mass is 10.1. The van der Waals surface area contributed by atoms with Crippen LogP contribution in [0.5, 0.6) is 0 Å². The van der Waals surface area contributed by atoms with Gasteiger partial charge < -0.3 is 10.6 Å². The molecule has 0 radical (unpaired) electrons. The highest BCUT2D eigenvalue weighted by Crippen LogP contribution is 2.09. The van der Waals surface area contributed by atoms with E-state index >= 15 is 0 Å². The predicted molar refractivity (Wildman–Crippen MR) is 72.7 cm³/mol. The van der Waals surface area contributed by atoms with Crippen molar-refractivity contribution >= 4 is 17.7 Å². The van der Waals surface area contributed by atoms with Gasteiger partial charge in [-0.25, -0.2) is 0 Å². The van der Waals surface area contributed by atoms with E-state index in [-0.39, 0.29) is 11.9 Å². The van der Waals surface area contributed by atoms with Gasteiger partial charge >= 0.3 is 0 Å². The van der Waals surface area contributed by atoms with E-state index in [4.69, 9.17) is 5.73 Å². The van der Waals surface area contributed by atoms with Gasteiger partial charge in [-0.1, -0.05) is 13.3 Å². The third-order valence-electron chi connectivity index (χ3n) is 2.89. The minimum atomic E-state index is 0.0210. The summed E-state index contributed by atoms with van der Waals surface area (Å²) < 4.78 is 0. The van der Waals surface area contributed by atoms with Crippen molar-refractivity contribution in [2.45, 2.75) is 51.6 Å². The summed E-state index contributed by atoms with van der Waals surface area (Å²) in [4.78, 5) is 13.7. The van der Waals surface area contributed by atoms with Crippen molar-refractivity contribution in [3.63, 3.8) is 0 Å². The van der Waals surface area contributed by atoms with Gasteiger partial charge in [-0.3, -0.25) is 4.79 Å². The summed E-state index contributed by atoms with van der Waals surface area (Å²) in [7, 11) is 1.88. The van der Waals surface area contributed by atoms with Gasteiger partial charge in [0.05, 0.1) is 0 Å². The van der Waals surface area contributed by atoms with Crippen molar-refractivity contribution in [2.24, 2.45) is 5.73 Å². The average molecular weight is 246 g/mol. The van der Waals surface area contributed by atoms with Crippen LogP contribution in [0.1, 0.15) is 39.5 Å². The molecule has 16 heavy (non-hydrogen) atoms. The first-order chi connectivity index (χ1) is 7.52. The van der Waals surface area contributed by atoms with E-state index in [0.29, 0.717) is 12.5 Å². The van der Waals surface area contributed by atoms with E-state index in [0.717, 1.165) is 25.0 Å². The lowest BCUT2D eigenvalue weighted by Crippen LogP contribution is -2.38. The van der Waals surface area contributed by atoms with Gasteiger partial charge in [0.25, 0.3) is 0 Å². The molecule has 0 aliphatic carbocycles. The topological polar surface area (TPSA) is 46.3 Å². The fraction of sp³-hybridized carbons (Fsp3) is 0.917. The molecule has 0 aromatic carbocycles. The van der Waals surface area contributed by atoms with Crippen LogP contribution in [0.4, 0.5) is 0 Å². The molecule has 0 aliphatic heterocycles. The average Bonchev–Trinajstić information content (AvgIpc) is 2.24. The highest BCUT2D eigenvalue weighted by atomic mass is 32.2. The van der Waals surface area contributed by atoms with E-state index in [9.17, 15) is 4.79 Å². The number of hydrogen-bond acceptors (Lipinski definition) is 3. The zero-order valence-corrected chi connectivity index (χ0v) is 11.8. The third-order valence-corrected chi connectivity index (χ3v) is 3.53. The monoisotopic (exact) mass is 246 g/mol. The quantitative estimate of drug-likeness (QED) is 0.713. The summed E-state index contributed by atoms with van der Waals surface area (Å²) in [6, 6.07) is 0.335. The molecule has 0 saturated carbocycles. The van der Waals surface area contributed by atoms with Crippen LogP contribution in [0.3, 0.4) is 0 Å². The second-order valence-electron chi connectivity index (χ2n) is 4.39. The number of nitrogens with zero attached hydrogens (tertiary/aromatic N) is 1. The molecular weight excluding hydrogens is 220 g/mol. The number of carbonyl (C=O) groups excluding carboxylic acids is 1. The van der Waals surface area contributed by atoms with Gasteiger partial charge in [0, 0.05) is 25.6 Å². The van der Waals surface area contributed by atoms with E-state index in [1.165, 1.54) is 0 Å². The molecule has 2 N–H and O–H groups in total. The second kappa shape index (κ2) is 8.88. The Balaban J connectivity index is 3.96. The lowest BCUT2D eigenvalue weighted by Gasteiger charge is -2.26. The van der Waals surface area contributed by atoms with Gasteiger partial charge in [-0.2, -0.15) is 11.8 Å². The minimum Gasteiger partial charge on any atom is -0.343 e. The Labute approximate surface area is 104 Å². The van der Waals surface area contributed by atoms with E-state index in [2.05, 4.69) is 20.1 Å². The first-order valence-electron chi connectivity index (χ1n) is 6.03. The zero-order chi connectivity index (χ0) is 12.6. The molecule has 2 atom stereocenters. The molecule has 0 spiro atoms. The molecule has 3 nitrogen and oxygen atoms in total. The van der Waals surface area contributed by atoms with Gasteiger partial charge in [0.1, 0.15) is 0 Å². The third kappa shape index (κ3) is 6.38. The number of thioether (sulfide) groups is 1. The number of carbonyl (C=O) groups is 1. The first-order valence-corrected chi connectivity index (χ1v) is 7.42. The fourth-order valence-corrected chi connectivity index (χ4v) is 2.15. The van der Waals surface area contributed by atoms with Crippen LogP contribution in [0, 0.1) is 0 Å². The highest BCUT2D eigenvalue weighted by molar-refractivity contribution is 7.98. The van der Waals surface area contributed by atoms with Crippen molar-refractivity contribution in [3.8, 4) is 0 Å². The van der Waals surface area contributed by atoms with Crippen LogP contribution in [-0.2, 0) is 4.79 Å². The van der Waals surface area contributed by atoms with Gasteiger partial charge in [-0.05, 0) is 31.8 Å². The Bertz CT molecular complexity index is 199. The molecule has 0 rings (SSSR count). The predicted octanol–water partition coefficient (Wildman–Crippen LogP) is 2.10. The van der Waals surface area contributed by atoms with E-state index in [1.54, 1.807) is 0 Å². The molecule has 0 fully saturated rings. The first kappa shape index (κ1) is 15.8. The summed E-state index contributed by atoms with van der Waals surface area (Å²) in [6.07, 6.45) is 5.59. The molecule has 96 valence electrons. The standard InChI is InChI=1S/C12H26N2OS/c1-5-6-11(13)9-12(15)14(3)10(2)7-8-16-4/h10-11H,5-9,13H2,1-4H3. The van der Waals surface area contributed by atoms with Crippen molar-refractivity contribution < 1.29 is 4.79 Å². The van der Waals surface area contributed by atoms with E-state index in [1.807, 2.05) is 23.7 Å². The van der Waals surface area contributed by atoms with Gasteiger partial charge in [0.2, 0.25) is 5.91 Å². The maximum atomic E-state index is 11.9. The molecule has 0 saturated heterocycles. The van der Waals surface area contributed by atoms with Gasteiger partial charge in [0.15, 0.2) is 0 Å². The van der Waals surface area contributed by atoms with Crippen molar-refractivity contribution in [2.75, 3.05) is 19.1 Å². The molecule has 4 heteroatoms. The van der Waals surface area contributed by atoms with Crippen LogP contribution in [-0.4, -0.2) is 41.9 Å². The maximum Gasteiger partial charge on any atom is 0.224 e. The van der Waals surface area contributed by atoms with Crippen LogP contribution >= 0.6 is 11.8 Å². The van der Waals surface area contributed by atoms with Crippen LogP contribution < -0.4 is 5.73 Å². The molecule has 2 unspecified atom stereocenters. The summed E-state index contributed by atoms with van der Waals surface area (Å²) in [5.74, 6) is 1.27. The molecule has 0 aromatic rings. The van der Waals surface area contributed by atoms with Crippen LogP contribution in [0.2, 0.25) is 0 Å². The number of amides is 1. The maximum absolute atomic E-state index is 11.9. The second-order valence-corrected chi connectivity index (χ2v) is 5.37. The normalized spacial score (nSPS) is 14.6. The highest BCUT2D eigenvalue weighted by Gasteiger charge is 2.17. The van der Waals surface area contributed by atoms with Crippen molar-refractivity contribution in [3.05, 3.63) is 0 Å². The Kier molecular flexibility index (Phi) is 8.76. The Morgan fingerprint density at radius 2 is 2.06 bits per heavy atom. The zero-order valence-electron chi connectivity index (χ0n) is 11.0. The van der Waals surface area contributed by atoms with Crippen LogP contribution in [0.15, 0.2) is 0 Å². The molecule has 0 aliphatic rings. The Hall–Kier alpha value is -0.220. The number of hydrogen-bond donors (Lipinski definition) is 1. The summed E-state index contributed by atoms with van der Waals surface area (Å²) in [5.41, 5.74) is 5.87. The summed E-state index contributed by atoms with van der Waals surface area (Å²) in [5, 5.41) is 0. The Morgan fingerprint density at radius 3 is 2.56 bits per heavy atom. The molecule has 0 aromatic heterocycles. The molecule has 0 bridgehead atoms. The largest absolute Gasteiger partial charge is 0.343 e. The summed E-state index contributed by atoms with van der Waals surface area (Å²) >= 11 is 1.82. The summed E-state index contributed by atoms with van der Waals surface area (Å²) in [6.45, 7) is 4.19. The van der Waals surface area contributed by atoms with Crippen molar-refractivity contribution in [1.82, 2.24) is 4.90 Å². The molecule has 1 amide bonds. The van der Waals surface area contributed by atoms with Gasteiger partial charge in [-0.15, -0.1) is 0 Å².